The van der Waals surface area contributed by atoms with Gasteiger partial charge in [-0.15, -0.1) is 0 Å². The van der Waals surface area contributed by atoms with E-state index in [1.54, 1.807) is 30.0 Å². The molecule has 5 aliphatic heterocycles. The van der Waals surface area contributed by atoms with E-state index < -0.39 is 18.0 Å². The molecule has 1 aromatic carbocycles. The number of halogens is 3. The van der Waals surface area contributed by atoms with Crippen molar-refractivity contribution in [2.75, 3.05) is 52.6 Å². The summed E-state index contributed by atoms with van der Waals surface area (Å²) >= 11 is 3.26. The number of benzene rings is 1. The maximum atomic E-state index is 12.8. The number of carboxylic acids is 1. The average Bonchev–Trinajstić information content (AvgIpc) is 3.56. The number of quaternary nitrogens is 2. The number of hydrogen-bond donors (Lipinski definition) is 2. The molecule has 7 heterocycles. The molecular formula is C31H40Br2IN5O4S2. The van der Waals surface area contributed by atoms with Gasteiger partial charge in [0.05, 0.1) is 30.0 Å². The van der Waals surface area contributed by atoms with Crippen LogP contribution in [0.3, 0.4) is 0 Å². The number of aliphatic carboxylic acids is 1. The number of β-lactam (4-membered cyclic amide) rings is 1. The van der Waals surface area contributed by atoms with Gasteiger partial charge in [0.15, 0.2) is 0 Å². The van der Waals surface area contributed by atoms with Gasteiger partial charge < -0.3 is 82.0 Å². The SMILES string of the molecule is CSc1c2sc(C3=C(C(=O)O)N4C(=O)[C@H]([C@@H](C)O)[C@H]4[C@H]3C)cn2c[n+]1Cc1cccc(C[N+]23CC[N+](C)(CC2)CC3)c1.[Br-].[Br-].[I-]. The number of thioether (sulfide) groups is 1. The third kappa shape index (κ3) is 6.08. The van der Waals surface area contributed by atoms with Gasteiger partial charge in [0.1, 0.15) is 64.3 Å². The number of carbonyl (C=O) groups excluding carboxylic acids is 1. The normalized spacial score (nSPS) is 29.0. The zero-order valence-corrected chi connectivity index (χ0v) is 32.8. The first-order valence-corrected chi connectivity index (χ1v) is 16.9. The van der Waals surface area contributed by atoms with Crippen molar-refractivity contribution in [2.45, 2.75) is 44.1 Å². The van der Waals surface area contributed by atoms with Gasteiger partial charge >= 0.3 is 5.97 Å². The van der Waals surface area contributed by atoms with E-state index in [9.17, 15) is 19.8 Å². The number of imidazole rings is 1. The number of nitrogens with zero attached hydrogens (tertiary/aromatic N) is 5. The fourth-order valence-corrected chi connectivity index (χ4v) is 10.1. The van der Waals surface area contributed by atoms with Crippen molar-refractivity contribution < 1.29 is 91.3 Å². The first-order chi connectivity index (χ1) is 20.0. The lowest BCUT2D eigenvalue weighted by molar-refractivity contribution is -1.08. The topological polar surface area (TPSA) is 86.1 Å². The number of amides is 1. The predicted octanol–water partition coefficient (Wildman–Crippen LogP) is -6.49. The standard InChI is InChI=1S/C31H39N5O4S2.2BrH.HI/c1-19-24(27(31(39)40)34-26(19)25(20(2)37)28(34)38)23-16-33-18-32(29(41-4)30(33)42-23)15-21-6-5-7-22(14-21)17-36-11-8-35(3,9-12-36)10-13-36;;;/h5-7,14,16,18-20,25-26,37H,8-13,15,17H2,1-4H3;3*1H/q+2;;;/p-2/t19-,20+,25+,26+,35?,36?;;;/m0.../s1. The smallest absolute Gasteiger partial charge is 0.352 e. The second kappa shape index (κ2) is 13.5. The summed E-state index contributed by atoms with van der Waals surface area (Å²) in [6.07, 6.45) is 5.37. The Kier molecular flexibility index (Phi) is 11.0. The molecule has 4 atom stereocenters. The van der Waals surface area contributed by atoms with E-state index in [0.717, 1.165) is 27.8 Å². The molecule has 2 aromatic heterocycles. The van der Waals surface area contributed by atoms with E-state index in [4.69, 9.17) is 0 Å². The number of aliphatic hydroxyl groups is 1. The van der Waals surface area contributed by atoms with Crippen molar-refractivity contribution in [1.29, 1.82) is 0 Å². The summed E-state index contributed by atoms with van der Waals surface area (Å²) in [5, 5.41) is 21.4. The summed E-state index contributed by atoms with van der Waals surface area (Å²) in [6.45, 7) is 13.1. The number of piperazine rings is 3. The highest BCUT2D eigenvalue weighted by molar-refractivity contribution is 7.98. The molecule has 0 spiro atoms. The molecule has 0 saturated carbocycles. The Labute approximate surface area is 310 Å². The third-order valence-corrected chi connectivity index (χ3v) is 12.5. The lowest BCUT2D eigenvalue weighted by atomic mass is 9.77. The summed E-state index contributed by atoms with van der Waals surface area (Å²) in [5.41, 5.74) is 3.45. The molecule has 0 unspecified atom stereocenters. The van der Waals surface area contributed by atoms with Gasteiger partial charge in [0, 0.05) is 17.1 Å². The maximum Gasteiger partial charge on any atom is 0.352 e. The third-order valence-electron chi connectivity index (χ3n) is 10.4. The molecule has 1 amide bonds. The lowest BCUT2D eigenvalue weighted by Crippen LogP contribution is -3.00. The maximum absolute atomic E-state index is 12.8. The molecule has 0 aliphatic carbocycles. The number of rotatable bonds is 8. The van der Waals surface area contributed by atoms with Crippen LogP contribution in [0.4, 0.5) is 0 Å². The average molecular weight is 898 g/mol. The largest absolute Gasteiger partial charge is 1.00 e. The van der Waals surface area contributed by atoms with Gasteiger partial charge in [-0.05, 0) is 24.8 Å². The van der Waals surface area contributed by atoms with E-state index in [2.05, 4.69) is 52.9 Å². The fraction of sp³-hybridized carbons (Fsp3) is 0.516. The van der Waals surface area contributed by atoms with Crippen LogP contribution in [0.15, 0.2) is 47.5 Å². The number of likely N-dealkylation sites (N-methyl/N-ethyl adjacent to an activating group) is 1. The van der Waals surface area contributed by atoms with Crippen molar-refractivity contribution >= 4 is 45.4 Å². The number of carbonyl (C=O) groups is 2. The van der Waals surface area contributed by atoms with Crippen LogP contribution >= 0.6 is 23.1 Å². The molecule has 8 rings (SSSR count). The quantitative estimate of drug-likeness (QED) is 0.0774. The number of thiazole rings is 1. The molecule has 2 N–H and O–H groups in total. The minimum absolute atomic E-state index is 0. The van der Waals surface area contributed by atoms with E-state index in [1.165, 1.54) is 64.3 Å². The molecule has 14 heteroatoms. The number of aromatic nitrogens is 2. The van der Waals surface area contributed by atoms with E-state index in [0.29, 0.717) is 5.57 Å². The monoisotopic (exact) mass is 895 g/mol. The minimum Gasteiger partial charge on any atom is -1.00 e. The van der Waals surface area contributed by atoms with E-state index in [1.807, 2.05) is 13.1 Å². The Balaban J connectivity index is 0.00000154. The van der Waals surface area contributed by atoms with E-state index in [-0.39, 0.29) is 81.5 Å². The van der Waals surface area contributed by atoms with Crippen LogP contribution in [0.2, 0.25) is 0 Å². The first kappa shape index (κ1) is 36.8. The van der Waals surface area contributed by atoms with Gasteiger partial charge in [-0.1, -0.05) is 48.2 Å². The molecule has 9 nitrogen and oxygen atoms in total. The molecular weight excluding hydrogens is 857 g/mol. The predicted molar refractivity (Wildman–Crippen MR) is 162 cm³/mol. The zero-order chi connectivity index (χ0) is 29.6. The minimum atomic E-state index is -1.09. The first-order valence-electron chi connectivity index (χ1n) is 14.9. The summed E-state index contributed by atoms with van der Waals surface area (Å²) < 4.78 is 6.84. The number of fused-ring (bicyclic) bond motifs is 5. The molecule has 0 radical (unpaired) electrons. The van der Waals surface area contributed by atoms with Crippen LogP contribution in [-0.2, 0) is 22.7 Å². The molecule has 45 heavy (non-hydrogen) atoms. The zero-order valence-electron chi connectivity index (χ0n) is 25.8. The van der Waals surface area contributed by atoms with Crippen molar-refractivity contribution in [3.8, 4) is 0 Å². The van der Waals surface area contributed by atoms with Crippen molar-refractivity contribution in [2.24, 2.45) is 11.8 Å². The molecule has 246 valence electrons. The Morgan fingerprint density at radius 1 is 1.16 bits per heavy atom. The number of hydrogen-bond acceptors (Lipinski definition) is 5. The summed E-state index contributed by atoms with van der Waals surface area (Å²) in [5.74, 6) is -2.14. The fourth-order valence-electron chi connectivity index (χ4n) is 7.95. The Bertz CT molecular complexity index is 1630. The second-order valence-electron chi connectivity index (χ2n) is 13.2. The molecule has 3 aromatic rings. The van der Waals surface area contributed by atoms with Gasteiger partial charge in [-0.3, -0.25) is 4.79 Å². The summed E-state index contributed by atoms with van der Waals surface area (Å²) in [7, 11) is 2.41. The van der Waals surface area contributed by atoms with Crippen LogP contribution in [0, 0.1) is 11.8 Å². The summed E-state index contributed by atoms with van der Waals surface area (Å²) in [6, 6.07) is 8.75. The summed E-state index contributed by atoms with van der Waals surface area (Å²) in [4.78, 5) is 28.5. The number of carboxylic acid groups (broad SMARTS) is 1. The molecule has 5 aliphatic rings. The van der Waals surface area contributed by atoms with Gasteiger partial charge in [-0.25, -0.2) is 9.36 Å². The van der Waals surface area contributed by atoms with Gasteiger partial charge in [0.25, 0.3) is 6.33 Å². The highest BCUT2D eigenvalue weighted by atomic mass is 127. The Morgan fingerprint density at radius 3 is 2.40 bits per heavy atom. The van der Waals surface area contributed by atoms with Crippen LogP contribution < -0.4 is 62.5 Å². The highest BCUT2D eigenvalue weighted by Gasteiger charge is 2.60. The molecule has 4 fully saturated rings. The lowest BCUT2D eigenvalue weighted by Gasteiger charge is -2.54. The van der Waals surface area contributed by atoms with E-state index >= 15 is 0 Å². The second-order valence-corrected chi connectivity index (χ2v) is 15.0. The highest BCUT2D eigenvalue weighted by Crippen LogP contribution is 2.51. The van der Waals surface area contributed by atoms with Gasteiger partial charge in [-0.2, -0.15) is 4.40 Å². The van der Waals surface area contributed by atoms with Gasteiger partial charge in [0.2, 0.25) is 15.8 Å². The molecule has 2 bridgehead atoms. The van der Waals surface area contributed by atoms with Crippen LogP contribution in [0.1, 0.15) is 29.9 Å². The Morgan fingerprint density at radius 2 is 1.80 bits per heavy atom. The Hall–Kier alpha value is -1.01. The van der Waals surface area contributed by atoms with Crippen molar-refractivity contribution in [3.05, 3.63) is 58.5 Å². The molecule has 4 saturated heterocycles. The number of aliphatic hydroxyl groups excluding tert-OH is 1. The van der Waals surface area contributed by atoms with Crippen LogP contribution in [0.5, 0.6) is 0 Å². The van der Waals surface area contributed by atoms with Crippen LogP contribution in [-0.4, -0.2) is 105 Å². The van der Waals surface area contributed by atoms with Crippen molar-refractivity contribution in [1.82, 2.24) is 9.30 Å². The van der Waals surface area contributed by atoms with Crippen LogP contribution in [0.25, 0.3) is 10.4 Å². The van der Waals surface area contributed by atoms with Crippen molar-refractivity contribution in [3.63, 3.8) is 0 Å².